The molecule has 124 valence electrons. The zero-order chi connectivity index (χ0) is 16.0. The number of aliphatic hydroxyl groups excluding tert-OH is 1. The van der Waals surface area contributed by atoms with Crippen LogP contribution in [0, 0.1) is 0 Å². The molecular weight excluding hydrogens is 272 g/mol. The van der Waals surface area contributed by atoms with Crippen LogP contribution in [0.4, 0.5) is 0 Å². The second-order valence-electron chi connectivity index (χ2n) is 6.04. The number of unbranched alkanes of at least 4 members (excludes halogenated alkanes) is 4. The highest BCUT2D eigenvalue weighted by Gasteiger charge is 2.14. The molecule has 0 aliphatic rings. The molecule has 0 aliphatic heterocycles. The third-order valence-electron chi connectivity index (χ3n) is 3.93. The number of benzene rings is 1. The molecule has 2 atom stereocenters. The van der Waals surface area contributed by atoms with Crippen LogP contribution >= 0.6 is 0 Å². The molecule has 1 aromatic carbocycles. The van der Waals surface area contributed by atoms with Crippen molar-refractivity contribution < 1.29 is 9.84 Å². The Hall–Kier alpha value is -1.12. The molecule has 0 radical (unpaired) electrons. The van der Waals surface area contributed by atoms with Gasteiger partial charge in [0.05, 0.1) is 18.8 Å². The van der Waals surface area contributed by atoms with Gasteiger partial charge in [-0.25, -0.2) is 0 Å². The van der Waals surface area contributed by atoms with Gasteiger partial charge in [0, 0.05) is 0 Å². The van der Waals surface area contributed by atoms with E-state index in [4.69, 9.17) is 4.74 Å². The van der Waals surface area contributed by atoms with Crippen molar-refractivity contribution in [1.29, 1.82) is 0 Å². The van der Waals surface area contributed by atoms with E-state index in [1.54, 1.807) is 6.08 Å². The van der Waals surface area contributed by atoms with Crippen molar-refractivity contribution >= 4 is 0 Å². The van der Waals surface area contributed by atoms with Crippen LogP contribution in [0.1, 0.15) is 63.9 Å². The van der Waals surface area contributed by atoms with E-state index < -0.39 is 0 Å². The highest BCUT2D eigenvalue weighted by molar-refractivity contribution is 5.13. The van der Waals surface area contributed by atoms with E-state index in [9.17, 15) is 5.11 Å². The van der Waals surface area contributed by atoms with E-state index in [0.717, 1.165) is 6.42 Å². The predicted octanol–water partition coefficient (Wildman–Crippen LogP) is 5.26. The van der Waals surface area contributed by atoms with Gasteiger partial charge in [-0.15, -0.1) is 6.58 Å². The molecule has 0 unspecified atom stereocenters. The summed E-state index contributed by atoms with van der Waals surface area (Å²) in [6.07, 6.45) is 10.3. The zero-order valence-electron chi connectivity index (χ0n) is 14.0. The molecule has 0 saturated heterocycles. The van der Waals surface area contributed by atoms with Gasteiger partial charge in [-0.1, -0.05) is 75.4 Å². The average Bonchev–Trinajstić information content (AvgIpc) is 2.53. The molecule has 2 heteroatoms. The fraction of sp³-hybridized carbons (Fsp3) is 0.600. The molecule has 1 rings (SSSR count). The van der Waals surface area contributed by atoms with Crippen LogP contribution in [0.15, 0.2) is 43.0 Å². The Morgan fingerprint density at radius 2 is 1.86 bits per heavy atom. The lowest BCUT2D eigenvalue weighted by Gasteiger charge is -2.20. The summed E-state index contributed by atoms with van der Waals surface area (Å²) in [6.45, 7) is 6.56. The van der Waals surface area contributed by atoms with Gasteiger partial charge in [0.1, 0.15) is 0 Å². The van der Waals surface area contributed by atoms with Crippen LogP contribution in [-0.4, -0.2) is 17.3 Å². The minimum Gasteiger partial charge on any atom is -0.393 e. The number of aliphatic hydroxyl groups is 1. The highest BCUT2D eigenvalue weighted by Crippen LogP contribution is 2.17. The number of hydrogen-bond acceptors (Lipinski definition) is 2. The number of rotatable bonds is 13. The first-order valence-corrected chi connectivity index (χ1v) is 8.70. The van der Waals surface area contributed by atoms with Gasteiger partial charge in [-0.2, -0.15) is 0 Å². The lowest BCUT2D eigenvalue weighted by molar-refractivity contribution is -0.00119. The SMILES string of the molecule is C=CC[C@H](O)C[C@@H](CCCCCCC)OCc1ccccc1. The molecule has 0 fully saturated rings. The zero-order valence-corrected chi connectivity index (χ0v) is 14.0. The number of hydrogen-bond donors (Lipinski definition) is 1. The molecule has 2 nitrogen and oxygen atoms in total. The van der Waals surface area contributed by atoms with E-state index in [1.165, 1.54) is 37.7 Å². The molecule has 0 heterocycles. The predicted molar refractivity (Wildman–Crippen MR) is 93.8 cm³/mol. The Morgan fingerprint density at radius 1 is 1.14 bits per heavy atom. The molecule has 0 amide bonds. The van der Waals surface area contributed by atoms with Crippen molar-refractivity contribution in [3.8, 4) is 0 Å². The van der Waals surface area contributed by atoms with Crippen molar-refractivity contribution in [2.45, 2.75) is 77.1 Å². The average molecular weight is 304 g/mol. The molecule has 0 spiro atoms. The largest absolute Gasteiger partial charge is 0.393 e. The highest BCUT2D eigenvalue weighted by atomic mass is 16.5. The second-order valence-corrected chi connectivity index (χ2v) is 6.04. The smallest absolute Gasteiger partial charge is 0.0720 e. The Balaban J connectivity index is 2.37. The van der Waals surface area contributed by atoms with E-state index in [0.29, 0.717) is 19.4 Å². The summed E-state index contributed by atoms with van der Waals surface area (Å²) in [6, 6.07) is 10.2. The Labute approximate surface area is 136 Å². The van der Waals surface area contributed by atoms with Gasteiger partial charge in [-0.3, -0.25) is 0 Å². The second kappa shape index (κ2) is 12.4. The third kappa shape index (κ3) is 9.01. The van der Waals surface area contributed by atoms with Gasteiger partial charge >= 0.3 is 0 Å². The monoisotopic (exact) mass is 304 g/mol. The molecule has 22 heavy (non-hydrogen) atoms. The van der Waals surface area contributed by atoms with Gasteiger partial charge < -0.3 is 9.84 Å². The Bertz CT molecular complexity index is 375. The first kappa shape index (κ1) is 18.9. The molecule has 0 aliphatic carbocycles. The van der Waals surface area contributed by atoms with Crippen LogP contribution < -0.4 is 0 Å². The molecule has 0 aromatic heterocycles. The maximum absolute atomic E-state index is 10.0. The maximum atomic E-state index is 10.0. The standard InChI is InChI=1S/C20H32O2/c1-3-5-6-7-11-15-20(16-19(21)12-4-2)22-17-18-13-9-8-10-14-18/h4,8-10,13-14,19-21H,2-3,5-7,11-12,15-17H2,1H3/t19-,20+/m0/s1. The minimum atomic E-state index is -0.339. The first-order chi connectivity index (χ1) is 10.8. The van der Waals surface area contributed by atoms with Crippen molar-refractivity contribution in [3.05, 3.63) is 48.6 Å². The van der Waals surface area contributed by atoms with Gasteiger partial charge in [0.25, 0.3) is 0 Å². The summed E-state index contributed by atoms with van der Waals surface area (Å²) >= 11 is 0. The Kier molecular flexibility index (Phi) is 10.7. The molecular formula is C20H32O2. The lowest BCUT2D eigenvalue weighted by atomic mass is 10.0. The normalized spacial score (nSPS) is 13.7. The summed E-state index contributed by atoms with van der Waals surface area (Å²) in [7, 11) is 0. The van der Waals surface area contributed by atoms with Crippen molar-refractivity contribution in [2.24, 2.45) is 0 Å². The first-order valence-electron chi connectivity index (χ1n) is 8.70. The van der Waals surface area contributed by atoms with Crippen LogP contribution in [0.5, 0.6) is 0 Å². The summed E-state index contributed by atoms with van der Waals surface area (Å²) in [5, 5.41) is 10.0. The summed E-state index contributed by atoms with van der Waals surface area (Å²) in [5.74, 6) is 0. The van der Waals surface area contributed by atoms with Crippen molar-refractivity contribution in [2.75, 3.05) is 0 Å². The topological polar surface area (TPSA) is 29.5 Å². The Morgan fingerprint density at radius 3 is 2.55 bits per heavy atom. The fourth-order valence-corrected chi connectivity index (χ4v) is 2.63. The summed E-state index contributed by atoms with van der Waals surface area (Å²) < 4.78 is 6.06. The van der Waals surface area contributed by atoms with E-state index in [1.807, 2.05) is 18.2 Å². The fourth-order valence-electron chi connectivity index (χ4n) is 2.63. The van der Waals surface area contributed by atoms with Crippen molar-refractivity contribution in [1.82, 2.24) is 0 Å². The molecule has 0 bridgehead atoms. The molecule has 1 aromatic rings. The van der Waals surface area contributed by atoms with Crippen molar-refractivity contribution in [3.63, 3.8) is 0 Å². The van der Waals surface area contributed by atoms with E-state index in [2.05, 4.69) is 25.6 Å². The van der Waals surface area contributed by atoms with Gasteiger partial charge in [0.2, 0.25) is 0 Å². The minimum absolute atomic E-state index is 0.136. The summed E-state index contributed by atoms with van der Waals surface area (Å²) in [4.78, 5) is 0. The van der Waals surface area contributed by atoms with Gasteiger partial charge in [-0.05, 0) is 24.8 Å². The van der Waals surface area contributed by atoms with Gasteiger partial charge in [0.15, 0.2) is 0 Å². The van der Waals surface area contributed by atoms with E-state index >= 15 is 0 Å². The molecule has 0 saturated carbocycles. The molecule has 1 N–H and O–H groups in total. The third-order valence-corrected chi connectivity index (χ3v) is 3.93. The maximum Gasteiger partial charge on any atom is 0.0720 e. The van der Waals surface area contributed by atoms with Crippen LogP contribution in [0.2, 0.25) is 0 Å². The quantitative estimate of drug-likeness (QED) is 0.398. The van der Waals surface area contributed by atoms with E-state index in [-0.39, 0.29) is 12.2 Å². The van der Waals surface area contributed by atoms with Crippen LogP contribution in [-0.2, 0) is 11.3 Å². The summed E-state index contributed by atoms with van der Waals surface area (Å²) in [5.41, 5.74) is 1.19. The lowest BCUT2D eigenvalue weighted by Crippen LogP contribution is -2.20. The van der Waals surface area contributed by atoms with Crippen LogP contribution in [0.25, 0.3) is 0 Å². The number of ether oxygens (including phenoxy) is 1. The van der Waals surface area contributed by atoms with Crippen LogP contribution in [0.3, 0.4) is 0 Å².